The number of nitrogens with one attached hydrogen (secondary N) is 1. The number of hydrogen-bond acceptors (Lipinski definition) is 3. The summed E-state index contributed by atoms with van der Waals surface area (Å²) in [5.74, 6) is 3.01. The highest BCUT2D eigenvalue weighted by atomic mass is 32.2. The van der Waals surface area contributed by atoms with Crippen LogP contribution in [0.15, 0.2) is 0 Å². The lowest BCUT2D eigenvalue weighted by Crippen LogP contribution is -2.25. The molecule has 4 heteroatoms. The third kappa shape index (κ3) is 7.82. The van der Waals surface area contributed by atoms with Crippen LogP contribution in [-0.2, 0) is 9.84 Å². The minimum atomic E-state index is -2.89. The Balaban J connectivity index is 3.72. The summed E-state index contributed by atoms with van der Waals surface area (Å²) >= 11 is 0. The lowest BCUT2D eigenvalue weighted by atomic mass is 10.3. The molecule has 3 nitrogen and oxygen atoms in total. The van der Waals surface area contributed by atoms with Gasteiger partial charge in [-0.05, 0) is 5.92 Å². The maximum absolute atomic E-state index is 11.3. The zero-order valence-electron chi connectivity index (χ0n) is 8.21. The Bertz CT molecular complexity index is 262. The van der Waals surface area contributed by atoms with Crippen LogP contribution < -0.4 is 5.32 Å². The van der Waals surface area contributed by atoms with Crippen molar-refractivity contribution in [3.63, 3.8) is 0 Å². The molecule has 1 N–H and O–H groups in total. The first-order valence-corrected chi connectivity index (χ1v) is 6.14. The fourth-order valence-corrected chi connectivity index (χ4v) is 2.62. The summed E-state index contributed by atoms with van der Waals surface area (Å²) in [6.07, 6.45) is 5.00. The molecule has 0 fully saturated rings. The van der Waals surface area contributed by atoms with Gasteiger partial charge in [0.25, 0.3) is 0 Å². The molecule has 0 amide bonds. The molecule has 0 aromatic carbocycles. The molecule has 0 unspecified atom stereocenters. The van der Waals surface area contributed by atoms with Crippen LogP contribution in [-0.4, -0.2) is 33.0 Å². The van der Waals surface area contributed by atoms with Crippen molar-refractivity contribution in [3.8, 4) is 12.3 Å². The maximum Gasteiger partial charge on any atom is 0.151 e. The fraction of sp³-hybridized carbons (Fsp3) is 0.778. The van der Waals surface area contributed by atoms with Crippen molar-refractivity contribution in [2.24, 2.45) is 5.92 Å². The van der Waals surface area contributed by atoms with Gasteiger partial charge in [0.1, 0.15) is 0 Å². The molecule has 13 heavy (non-hydrogen) atoms. The first-order valence-electron chi connectivity index (χ1n) is 4.32. The Labute approximate surface area is 80.8 Å². The zero-order chi connectivity index (χ0) is 10.3. The fourth-order valence-electron chi connectivity index (χ4n) is 0.979. The van der Waals surface area contributed by atoms with Crippen LogP contribution in [0.1, 0.15) is 13.8 Å². The zero-order valence-corrected chi connectivity index (χ0v) is 9.02. The second kappa shape index (κ2) is 6.01. The Hall–Kier alpha value is -0.530. The van der Waals surface area contributed by atoms with E-state index in [-0.39, 0.29) is 17.4 Å². The van der Waals surface area contributed by atoms with Crippen molar-refractivity contribution in [1.29, 1.82) is 0 Å². The molecule has 0 aromatic rings. The second-order valence-electron chi connectivity index (χ2n) is 3.39. The number of sulfone groups is 1. The van der Waals surface area contributed by atoms with Gasteiger partial charge < -0.3 is 5.32 Å². The minimum absolute atomic E-state index is 0.173. The quantitative estimate of drug-likeness (QED) is 0.498. The largest absolute Gasteiger partial charge is 0.305 e. The van der Waals surface area contributed by atoms with Crippen LogP contribution in [0.2, 0.25) is 0 Å². The average Bonchev–Trinajstić information content (AvgIpc) is 1.95. The first-order chi connectivity index (χ1) is 5.98. The molecule has 0 atom stereocenters. The van der Waals surface area contributed by atoms with Gasteiger partial charge in [-0.3, -0.25) is 0 Å². The Kier molecular flexibility index (Phi) is 5.76. The first kappa shape index (κ1) is 12.5. The van der Waals surface area contributed by atoms with Crippen molar-refractivity contribution in [2.75, 3.05) is 24.6 Å². The van der Waals surface area contributed by atoms with Gasteiger partial charge in [0.15, 0.2) is 9.84 Å². The van der Waals surface area contributed by atoms with Crippen molar-refractivity contribution in [1.82, 2.24) is 5.32 Å². The third-order valence-corrected chi connectivity index (χ3v) is 3.40. The predicted molar refractivity (Wildman–Crippen MR) is 55.2 cm³/mol. The summed E-state index contributed by atoms with van der Waals surface area (Å²) in [5.41, 5.74) is 0. The molecule has 0 aromatic heterocycles. The van der Waals surface area contributed by atoms with Crippen molar-refractivity contribution >= 4 is 9.84 Å². The lowest BCUT2D eigenvalue weighted by molar-refractivity contribution is 0.579. The van der Waals surface area contributed by atoms with Gasteiger partial charge in [-0.25, -0.2) is 8.42 Å². The molecular weight excluding hydrogens is 186 g/mol. The van der Waals surface area contributed by atoms with E-state index >= 15 is 0 Å². The molecule has 76 valence electrons. The highest BCUT2D eigenvalue weighted by Crippen LogP contribution is 1.99. The van der Waals surface area contributed by atoms with Gasteiger partial charge >= 0.3 is 0 Å². The second-order valence-corrected chi connectivity index (χ2v) is 5.62. The van der Waals surface area contributed by atoms with Gasteiger partial charge in [-0.15, -0.1) is 6.42 Å². The Morgan fingerprint density at radius 1 is 1.46 bits per heavy atom. The lowest BCUT2D eigenvalue weighted by Gasteiger charge is -2.06. The van der Waals surface area contributed by atoms with Gasteiger partial charge in [-0.2, -0.15) is 0 Å². The van der Waals surface area contributed by atoms with E-state index in [1.807, 2.05) is 13.8 Å². The van der Waals surface area contributed by atoms with Crippen LogP contribution in [0.5, 0.6) is 0 Å². The van der Waals surface area contributed by atoms with Gasteiger partial charge in [-0.1, -0.05) is 19.8 Å². The predicted octanol–water partition coefficient (Wildman–Crippen LogP) is 0.280. The van der Waals surface area contributed by atoms with Crippen molar-refractivity contribution < 1.29 is 8.42 Å². The van der Waals surface area contributed by atoms with Gasteiger partial charge in [0.2, 0.25) is 0 Å². The van der Waals surface area contributed by atoms with Crippen LogP contribution in [0.4, 0.5) is 0 Å². The molecule has 0 rings (SSSR count). The van der Waals surface area contributed by atoms with E-state index < -0.39 is 9.84 Å². The van der Waals surface area contributed by atoms with E-state index in [0.29, 0.717) is 13.1 Å². The third-order valence-electron chi connectivity index (χ3n) is 1.40. The molecule has 0 saturated carbocycles. The average molecular weight is 203 g/mol. The number of hydrogen-bond donors (Lipinski definition) is 1. The molecule has 0 aliphatic heterocycles. The highest BCUT2D eigenvalue weighted by molar-refractivity contribution is 7.91. The van der Waals surface area contributed by atoms with E-state index in [9.17, 15) is 8.42 Å². The topological polar surface area (TPSA) is 46.2 Å². The van der Waals surface area contributed by atoms with E-state index in [1.165, 1.54) is 0 Å². The van der Waals surface area contributed by atoms with E-state index in [0.717, 1.165) is 0 Å². The summed E-state index contributed by atoms with van der Waals surface area (Å²) < 4.78 is 22.6. The highest BCUT2D eigenvalue weighted by Gasteiger charge is 2.11. The van der Waals surface area contributed by atoms with Gasteiger partial charge in [0, 0.05) is 6.54 Å². The molecule has 0 aliphatic carbocycles. The van der Waals surface area contributed by atoms with E-state index in [2.05, 4.69) is 11.2 Å². The van der Waals surface area contributed by atoms with Crippen molar-refractivity contribution in [3.05, 3.63) is 0 Å². The SMILES string of the molecule is C#CCNCCS(=O)(=O)CC(C)C. The Morgan fingerprint density at radius 2 is 2.08 bits per heavy atom. The monoisotopic (exact) mass is 203 g/mol. The van der Waals surface area contributed by atoms with Crippen LogP contribution in [0.3, 0.4) is 0 Å². The molecule has 0 saturated heterocycles. The summed E-state index contributed by atoms with van der Waals surface area (Å²) in [5, 5.41) is 2.85. The minimum Gasteiger partial charge on any atom is -0.305 e. The number of terminal acetylenes is 1. The summed E-state index contributed by atoms with van der Waals surface area (Å²) in [6.45, 7) is 4.66. The van der Waals surface area contributed by atoms with Crippen LogP contribution >= 0.6 is 0 Å². The molecular formula is C9H17NO2S. The standard InChI is InChI=1S/C9H17NO2S/c1-4-5-10-6-7-13(11,12)8-9(2)3/h1,9-10H,5-8H2,2-3H3. The molecule has 0 bridgehead atoms. The molecule has 0 heterocycles. The summed E-state index contributed by atoms with van der Waals surface area (Å²) in [7, 11) is -2.89. The summed E-state index contributed by atoms with van der Waals surface area (Å²) in [4.78, 5) is 0. The molecule has 0 radical (unpaired) electrons. The van der Waals surface area contributed by atoms with E-state index in [4.69, 9.17) is 6.42 Å². The Morgan fingerprint density at radius 3 is 2.54 bits per heavy atom. The number of rotatable bonds is 6. The molecule has 0 aliphatic rings. The van der Waals surface area contributed by atoms with Crippen LogP contribution in [0.25, 0.3) is 0 Å². The van der Waals surface area contributed by atoms with Crippen molar-refractivity contribution in [2.45, 2.75) is 13.8 Å². The van der Waals surface area contributed by atoms with E-state index in [1.54, 1.807) is 0 Å². The molecule has 0 spiro atoms. The van der Waals surface area contributed by atoms with Crippen LogP contribution in [0, 0.1) is 18.3 Å². The summed E-state index contributed by atoms with van der Waals surface area (Å²) in [6, 6.07) is 0. The van der Waals surface area contributed by atoms with Gasteiger partial charge in [0.05, 0.1) is 18.1 Å². The normalized spacial score (nSPS) is 11.5. The maximum atomic E-state index is 11.3. The smallest absolute Gasteiger partial charge is 0.151 e.